The van der Waals surface area contributed by atoms with Crippen molar-refractivity contribution in [3.05, 3.63) is 60.4 Å². The third-order valence-electron chi connectivity index (χ3n) is 13.4. The van der Waals surface area contributed by atoms with Gasteiger partial charge in [-0.3, -0.25) is 24.0 Å². The molecule has 0 bridgehead atoms. The van der Waals surface area contributed by atoms with Crippen molar-refractivity contribution in [2.75, 3.05) is 20.7 Å². The summed E-state index contributed by atoms with van der Waals surface area (Å²) in [7, 11) is -0.865. The molecule has 350 valence electrons. The normalized spacial score (nSPS) is 28.2. The maximum atomic E-state index is 15.4. The Morgan fingerprint density at radius 1 is 1.05 bits per heavy atom. The number of nitrogens with zero attached hydrogens (tertiary/aromatic N) is 3. The van der Waals surface area contributed by atoms with Crippen LogP contribution in [0.3, 0.4) is 0 Å². The largest absolute Gasteiger partial charge is 0.497 e. The summed E-state index contributed by atoms with van der Waals surface area (Å²) >= 11 is 0. The third-order valence-corrected chi connectivity index (χ3v) is 15.3. The molecule has 2 N–H and O–H groups in total. The maximum Gasteiger partial charge on any atom is 0.410 e. The molecule has 1 saturated heterocycles. The summed E-state index contributed by atoms with van der Waals surface area (Å²) < 4.78 is 67.4. The van der Waals surface area contributed by atoms with Gasteiger partial charge in [-0.25, -0.2) is 22.6 Å². The number of carbonyl (C=O) groups is 4. The first-order chi connectivity index (χ1) is 30.8. The summed E-state index contributed by atoms with van der Waals surface area (Å²) in [5, 5.41) is 3.51. The van der Waals surface area contributed by atoms with E-state index < -0.39 is 80.2 Å². The van der Waals surface area contributed by atoms with Gasteiger partial charge in [0.2, 0.25) is 27.7 Å². The van der Waals surface area contributed by atoms with Gasteiger partial charge in [0.25, 0.3) is 5.91 Å². The number of benzene rings is 2. The second-order valence-corrected chi connectivity index (χ2v) is 21.3. The number of methoxy groups -OCH3 is 1. The topological polar surface area (TPSA) is 183 Å². The van der Waals surface area contributed by atoms with Crippen LogP contribution in [0, 0.1) is 23.6 Å². The molecule has 1 aromatic heterocycles. The summed E-state index contributed by atoms with van der Waals surface area (Å²) in [6.07, 6.45) is 6.51. The van der Waals surface area contributed by atoms with E-state index in [2.05, 4.69) is 17.0 Å². The number of rotatable bonds is 11. The first kappa shape index (κ1) is 46.1. The smallest absolute Gasteiger partial charge is 0.410 e. The van der Waals surface area contributed by atoms with E-state index in [9.17, 15) is 22.8 Å². The zero-order valence-electron chi connectivity index (χ0n) is 38.1. The molecule has 4 amide bonds. The zero-order valence-corrected chi connectivity index (χ0v) is 38.9. The van der Waals surface area contributed by atoms with Gasteiger partial charge in [0, 0.05) is 30.3 Å². The molecule has 3 saturated carbocycles. The van der Waals surface area contributed by atoms with Crippen LogP contribution >= 0.6 is 0 Å². The zero-order chi connectivity index (χ0) is 46.6. The highest BCUT2D eigenvalue weighted by atomic mass is 32.2. The predicted molar refractivity (Wildman–Crippen MR) is 240 cm³/mol. The van der Waals surface area contributed by atoms with Crippen molar-refractivity contribution in [1.82, 2.24) is 24.8 Å². The Bertz CT molecular complexity index is 2510. The number of hydrogen-bond acceptors (Lipinski definition) is 11. The van der Waals surface area contributed by atoms with Gasteiger partial charge in [-0.2, -0.15) is 0 Å². The number of ether oxygens (including phenoxy) is 4. The van der Waals surface area contributed by atoms with Gasteiger partial charge in [0.05, 0.1) is 30.7 Å². The Balaban J connectivity index is 1.16. The molecule has 0 spiro atoms. The maximum absolute atomic E-state index is 15.4. The standard InChI is InChI=1S/C48H60FN5O10S/c1-27(2)62-40-17-12-30(22-37(40)49)38-23-31-21-33(61-7)13-16-36(31)43(50-38)63-34-24-39-42(55)51-48(45(57)52-65(59,60)35-14-15-35)25-32(48)11-9-8-10-28(3)20-29(4)41(44(56)54(39)26-34)53(6)46(58)64-47(5)18-19-47/h9,11-13,16-17,21-23,27-29,32,34-35,39,41H,8,10,14-15,18-20,24-26H2,1-7H3,(H,51,55)(H,52,57)/b11-9-/t28-,29+,32+,34+,39-,41-,48+/m0/s1. The van der Waals surface area contributed by atoms with Gasteiger partial charge in [-0.05, 0) is 132 Å². The Morgan fingerprint density at radius 2 is 1.80 bits per heavy atom. The number of pyridine rings is 1. The van der Waals surface area contributed by atoms with E-state index >= 15 is 9.18 Å². The SMILES string of the molecule is COc1ccc2c(O[C@@H]3C[C@H]4C(=O)N[C@]5(C(=O)NS(=O)(=O)C6CC6)C[C@H]5/C=C\CC[C@H](C)C[C@@H](C)[C@H](N(C)C(=O)OC5(C)CC5)C(=O)N4C3)nc(-c3ccc(OC(C)C)c(F)c3)cc2c1. The van der Waals surface area contributed by atoms with Gasteiger partial charge < -0.3 is 29.2 Å². The molecule has 3 aliphatic carbocycles. The van der Waals surface area contributed by atoms with Gasteiger partial charge in [-0.1, -0.05) is 26.0 Å². The first-order valence-corrected chi connectivity index (χ1v) is 24.3. The molecule has 15 nitrogen and oxygen atoms in total. The fourth-order valence-electron chi connectivity index (χ4n) is 9.24. The number of halogens is 1. The Labute approximate surface area is 379 Å². The van der Waals surface area contributed by atoms with E-state index in [0.29, 0.717) is 66.3 Å². The molecule has 5 aliphatic rings. The van der Waals surface area contributed by atoms with Crippen molar-refractivity contribution >= 4 is 44.6 Å². The van der Waals surface area contributed by atoms with Crippen LogP contribution in [0.15, 0.2) is 54.6 Å². The van der Waals surface area contributed by atoms with Crippen molar-refractivity contribution in [1.29, 1.82) is 0 Å². The molecule has 2 aromatic carbocycles. The Morgan fingerprint density at radius 3 is 2.48 bits per heavy atom. The fraction of sp³-hybridized carbons (Fsp3) is 0.562. The average molecular weight is 918 g/mol. The molecule has 4 fully saturated rings. The van der Waals surface area contributed by atoms with E-state index in [-0.39, 0.29) is 49.0 Å². The van der Waals surface area contributed by atoms with Crippen molar-refractivity contribution in [3.63, 3.8) is 0 Å². The summed E-state index contributed by atoms with van der Waals surface area (Å²) in [5.74, 6) is -2.46. The van der Waals surface area contributed by atoms with Crippen molar-refractivity contribution < 1.29 is 50.9 Å². The van der Waals surface area contributed by atoms with Gasteiger partial charge in [-0.15, -0.1) is 0 Å². The second-order valence-electron chi connectivity index (χ2n) is 19.3. The third kappa shape index (κ3) is 9.90. The highest BCUT2D eigenvalue weighted by Gasteiger charge is 2.62. The molecular weight excluding hydrogens is 858 g/mol. The monoisotopic (exact) mass is 917 g/mol. The lowest BCUT2D eigenvalue weighted by Crippen LogP contribution is -2.59. The lowest BCUT2D eigenvalue weighted by Gasteiger charge is -2.37. The fourth-order valence-corrected chi connectivity index (χ4v) is 10.6. The van der Waals surface area contributed by atoms with Gasteiger partial charge in [0.1, 0.15) is 35.1 Å². The van der Waals surface area contributed by atoms with Crippen LogP contribution in [0.2, 0.25) is 0 Å². The number of sulfonamides is 1. The molecule has 0 unspecified atom stereocenters. The number of amides is 4. The van der Waals surface area contributed by atoms with Gasteiger partial charge >= 0.3 is 6.09 Å². The summed E-state index contributed by atoms with van der Waals surface area (Å²) in [4.78, 5) is 65.5. The summed E-state index contributed by atoms with van der Waals surface area (Å²) in [6, 6.07) is 9.45. The van der Waals surface area contributed by atoms with E-state index in [4.69, 9.17) is 23.9 Å². The van der Waals surface area contributed by atoms with Crippen LogP contribution in [0.1, 0.15) is 92.4 Å². The quantitative estimate of drug-likeness (QED) is 0.196. The number of nitrogens with one attached hydrogen (secondary N) is 2. The molecule has 3 heterocycles. The molecule has 65 heavy (non-hydrogen) atoms. The molecule has 17 heteroatoms. The van der Waals surface area contributed by atoms with E-state index in [1.807, 2.05) is 26.0 Å². The second kappa shape index (κ2) is 17.7. The number of likely N-dealkylation sites (N-methyl/N-ethyl adjacent to an activating group) is 1. The number of carbonyl (C=O) groups excluding carboxylic acids is 4. The number of aromatic nitrogens is 1. The molecule has 0 radical (unpaired) electrons. The molecule has 3 aromatic rings. The number of fused-ring (bicyclic) bond motifs is 3. The highest BCUT2D eigenvalue weighted by Crippen LogP contribution is 2.47. The van der Waals surface area contributed by atoms with E-state index in [1.54, 1.807) is 64.4 Å². The van der Waals surface area contributed by atoms with Crippen LogP contribution in [0.4, 0.5) is 9.18 Å². The first-order valence-electron chi connectivity index (χ1n) is 22.7. The van der Waals surface area contributed by atoms with E-state index in [0.717, 1.165) is 6.42 Å². The van der Waals surface area contributed by atoms with Crippen LogP contribution in [0.25, 0.3) is 22.0 Å². The minimum atomic E-state index is -3.95. The average Bonchev–Trinajstić information content (AvgIpc) is 4.20. The molecule has 2 aliphatic heterocycles. The highest BCUT2D eigenvalue weighted by molar-refractivity contribution is 7.91. The van der Waals surface area contributed by atoms with Crippen LogP contribution in [-0.4, -0.2) is 108 Å². The molecule has 8 rings (SSSR count). The van der Waals surface area contributed by atoms with E-state index in [1.165, 1.54) is 15.9 Å². The number of hydrogen-bond donors (Lipinski definition) is 2. The lowest BCUT2D eigenvalue weighted by atomic mass is 9.87. The van der Waals surface area contributed by atoms with Crippen LogP contribution < -0.4 is 24.2 Å². The predicted octanol–water partition coefficient (Wildman–Crippen LogP) is 6.67. The summed E-state index contributed by atoms with van der Waals surface area (Å²) in [6.45, 7) is 9.37. The Hall–Kier alpha value is -5.45. The van der Waals surface area contributed by atoms with Crippen molar-refractivity contribution in [2.45, 2.75) is 133 Å². The van der Waals surface area contributed by atoms with Crippen molar-refractivity contribution in [3.8, 4) is 28.6 Å². The summed E-state index contributed by atoms with van der Waals surface area (Å²) in [5.41, 5.74) is -1.35. The van der Waals surface area contributed by atoms with Crippen molar-refractivity contribution in [2.24, 2.45) is 17.8 Å². The Kier molecular flexibility index (Phi) is 12.6. The number of allylic oxidation sites excluding steroid dienone is 1. The minimum Gasteiger partial charge on any atom is -0.497 e. The van der Waals surface area contributed by atoms with Gasteiger partial charge in [0.15, 0.2) is 11.6 Å². The minimum absolute atomic E-state index is 0.0424. The van der Waals surface area contributed by atoms with Crippen LogP contribution in [0.5, 0.6) is 17.4 Å². The van der Waals surface area contributed by atoms with Crippen LogP contribution in [-0.2, 0) is 29.1 Å². The molecular formula is C48H60FN5O10S. The molecule has 7 atom stereocenters. The lowest BCUT2D eigenvalue weighted by molar-refractivity contribution is -0.144.